The van der Waals surface area contributed by atoms with E-state index in [0.717, 1.165) is 37.1 Å². The maximum atomic E-state index is 10.9. The Morgan fingerprint density at radius 1 is 1.26 bits per heavy atom. The minimum Gasteiger partial charge on any atom is -0.465 e. The van der Waals surface area contributed by atoms with E-state index in [-0.39, 0.29) is 6.04 Å². The molecule has 2 aromatic rings. The summed E-state index contributed by atoms with van der Waals surface area (Å²) in [6.07, 6.45) is 5.73. The molecule has 0 spiro atoms. The van der Waals surface area contributed by atoms with Gasteiger partial charge in [0, 0.05) is 35.3 Å². The summed E-state index contributed by atoms with van der Waals surface area (Å²) in [5.41, 5.74) is 2.60. The molecule has 1 amide bonds. The van der Waals surface area contributed by atoms with Gasteiger partial charge in [-0.15, -0.1) is 0 Å². The van der Waals surface area contributed by atoms with Gasteiger partial charge in [-0.3, -0.25) is 10.3 Å². The molecular formula is C17H18ClN3O2. The maximum Gasteiger partial charge on any atom is 0.409 e. The first-order chi connectivity index (χ1) is 11.1. The molecule has 1 atom stereocenters. The topological polar surface area (TPSA) is 65.5 Å². The fraction of sp³-hybridized carbons (Fsp3) is 0.294. The number of nitrogens with one attached hydrogen (secondary N) is 1. The number of carbonyl (C=O) groups is 1. The molecule has 1 aliphatic rings. The van der Waals surface area contributed by atoms with Crippen LogP contribution < -0.4 is 10.2 Å². The highest BCUT2D eigenvalue weighted by molar-refractivity contribution is 6.31. The van der Waals surface area contributed by atoms with Crippen molar-refractivity contribution in [1.29, 1.82) is 0 Å². The van der Waals surface area contributed by atoms with Crippen LogP contribution in [0.1, 0.15) is 30.9 Å². The molecule has 0 aliphatic carbocycles. The molecule has 5 nitrogen and oxygen atoms in total. The van der Waals surface area contributed by atoms with Crippen LogP contribution in [-0.2, 0) is 0 Å². The van der Waals surface area contributed by atoms with Crippen molar-refractivity contribution in [1.82, 2.24) is 4.98 Å². The molecule has 2 heterocycles. The van der Waals surface area contributed by atoms with Gasteiger partial charge in [0.15, 0.2) is 0 Å². The number of aromatic nitrogens is 1. The summed E-state index contributed by atoms with van der Waals surface area (Å²) in [5, 5.41) is 12.0. The highest BCUT2D eigenvalue weighted by atomic mass is 35.5. The molecule has 1 aliphatic heterocycles. The van der Waals surface area contributed by atoms with Crippen LogP contribution in [0.25, 0.3) is 0 Å². The predicted molar refractivity (Wildman–Crippen MR) is 91.3 cm³/mol. The summed E-state index contributed by atoms with van der Waals surface area (Å²) < 4.78 is 0. The summed E-state index contributed by atoms with van der Waals surface area (Å²) in [6.45, 7) is 0.946. The Balaban J connectivity index is 1.95. The average molecular weight is 332 g/mol. The van der Waals surface area contributed by atoms with Gasteiger partial charge in [0.1, 0.15) is 0 Å². The van der Waals surface area contributed by atoms with Crippen LogP contribution in [0.15, 0.2) is 42.7 Å². The van der Waals surface area contributed by atoms with Gasteiger partial charge in [-0.1, -0.05) is 11.6 Å². The SMILES string of the molecule is O=C(O)Nc1ccc(Cl)c([C@@H]2CCCCN2c2ccncc2)c1. The maximum absolute atomic E-state index is 10.9. The van der Waals surface area contributed by atoms with Gasteiger partial charge in [-0.05, 0) is 55.2 Å². The minimum atomic E-state index is -1.08. The smallest absolute Gasteiger partial charge is 0.409 e. The number of benzene rings is 1. The number of amides is 1. The third-order valence-corrected chi connectivity index (χ3v) is 4.45. The summed E-state index contributed by atoms with van der Waals surface area (Å²) in [5.74, 6) is 0. The lowest BCUT2D eigenvalue weighted by Gasteiger charge is -2.38. The molecule has 1 saturated heterocycles. The van der Waals surface area contributed by atoms with Crippen LogP contribution in [0, 0.1) is 0 Å². The first-order valence-electron chi connectivity index (χ1n) is 7.61. The molecule has 1 aromatic heterocycles. The number of rotatable bonds is 3. The summed E-state index contributed by atoms with van der Waals surface area (Å²) in [7, 11) is 0. The van der Waals surface area contributed by atoms with Gasteiger partial charge in [-0.25, -0.2) is 4.79 Å². The van der Waals surface area contributed by atoms with Gasteiger partial charge >= 0.3 is 6.09 Å². The molecule has 0 unspecified atom stereocenters. The van der Waals surface area contributed by atoms with Crippen molar-refractivity contribution in [2.45, 2.75) is 25.3 Å². The number of carboxylic acid groups (broad SMARTS) is 1. The van der Waals surface area contributed by atoms with E-state index in [4.69, 9.17) is 16.7 Å². The largest absolute Gasteiger partial charge is 0.465 e. The summed E-state index contributed by atoms with van der Waals surface area (Å²) >= 11 is 6.40. The normalized spacial score (nSPS) is 17.8. The van der Waals surface area contributed by atoms with Crippen LogP contribution in [0.3, 0.4) is 0 Å². The fourth-order valence-electron chi connectivity index (χ4n) is 3.10. The standard InChI is InChI=1S/C17H18ClN3O2/c18-15-5-4-12(20-17(22)23)11-14(15)16-3-1-2-10-21(16)13-6-8-19-9-7-13/h4-9,11,16,20H,1-3,10H2,(H,22,23)/t16-/m0/s1. The lowest BCUT2D eigenvalue weighted by atomic mass is 9.94. The number of halogens is 1. The number of hydrogen-bond acceptors (Lipinski definition) is 3. The molecule has 2 N–H and O–H groups in total. The third-order valence-electron chi connectivity index (χ3n) is 4.10. The number of nitrogens with zero attached hydrogens (tertiary/aromatic N) is 2. The first kappa shape index (κ1) is 15.6. The van der Waals surface area contributed by atoms with Crippen molar-refractivity contribution >= 4 is 29.1 Å². The van der Waals surface area contributed by atoms with Gasteiger partial charge in [0.25, 0.3) is 0 Å². The van der Waals surface area contributed by atoms with Gasteiger partial charge in [0.2, 0.25) is 0 Å². The van der Waals surface area contributed by atoms with E-state index < -0.39 is 6.09 Å². The first-order valence-corrected chi connectivity index (χ1v) is 7.99. The number of piperidine rings is 1. The zero-order valence-electron chi connectivity index (χ0n) is 12.6. The lowest BCUT2D eigenvalue weighted by Crippen LogP contribution is -2.33. The fourth-order valence-corrected chi connectivity index (χ4v) is 3.34. The number of pyridine rings is 1. The molecular weight excluding hydrogens is 314 g/mol. The van der Waals surface area contributed by atoms with Crippen LogP contribution in [0.2, 0.25) is 5.02 Å². The van der Waals surface area contributed by atoms with E-state index in [9.17, 15) is 4.79 Å². The Kier molecular flexibility index (Phi) is 4.67. The second kappa shape index (κ2) is 6.87. The van der Waals surface area contributed by atoms with Crippen molar-refractivity contribution in [3.8, 4) is 0 Å². The molecule has 6 heteroatoms. The quantitative estimate of drug-likeness (QED) is 0.865. The van der Waals surface area contributed by atoms with Crippen molar-refractivity contribution in [2.75, 3.05) is 16.8 Å². The summed E-state index contributed by atoms with van der Waals surface area (Å²) in [6, 6.07) is 9.38. The second-order valence-corrected chi connectivity index (χ2v) is 5.98. The van der Waals surface area contributed by atoms with Crippen LogP contribution >= 0.6 is 11.6 Å². The third kappa shape index (κ3) is 3.56. The molecule has 23 heavy (non-hydrogen) atoms. The van der Waals surface area contributed by atoms with Gasteiger partial charge in [0.05, 0.1) is 6.04 Å². The number of hydrogen-bond donors (Lipinski definition) is 2. The van der Waals surface area contributed by atoms with Crippen molar-refractivity contribution in [3.63, 3.8) is 0 Å². The summed E-state index contributed by atoms with van der Waals surface area (Å²) in [4.78, 5) is 17.3. The second-order valence-electron chi connectivity index (χ2n) is 5.58. The zero-order chi connectivity index (χ0) is 16.2. The van der Waals surface area contributed by atoms with Gasteiger partial charge in [-0.2, -0.15) is 0 Å². The van der Waals surface area contributed by atoms with Crippen molar-refractivity contribution in [2.24, 2.45) is 0 Å². The molecule has 1 fully saturated rings. The Labute approximate surface area is 139 Å². The molecule has 0 radical (unpaired) electrons. The lowest BCUT2D eigenvalue weighted by molar-refractivity contribution is 0.209. The van der Waals surface area contributed by atoms with E-state index >= 15 is 0 Å². The Bertz CT molecular complexity index is 693. The van der Waals surface area contributed by atoms with Crippen LogP contribution in [0.5, 0.6) is 0 Å². The highest BCUT2D eigenvalue weighted by Gasteiger charge is 2.26. The molecule has 1 aromatic carbocycles. The monoisotopic (exact) mass is 331 g/mol. The van der Waals surface area contributed by atoms with Gasteiger partial charge < -0.3 is 10.0 Å². The van der Waals surface area contributed by atoms with E-state index in [1.165, 1.54) is 0 Å². The Morgan fingerprint density at radius 2 is 2.04 bits per heavy atom. The highest BCUT2D eigenvalue weighted by Crippen LogP contribution is 2.38. The average Bonchev–Trinajstić information content (AvgIpc) is 2.57. The van der Waals surface area contributed by atoms with E-state index in [0.29, 0.717) is 10.7 Å². The molecule has 0 bridgehead atoms. The van der Waals surface area contributed by atoms with E-state index in [1.807, 2.05) is 18.2 Å². The molecule has 3 rings (SSSR count). The molecule has 120 valence electrons. The zero-order valence-corrected chi connectivity index (χ0v) is 13.3. The Morgan fingerprint density at radius 3 is 2.78 bits per heavy atom. The molecule has 0 saturated carbocycles. The van der Waals surface area contributed by atoms with E-state index in [2.05, 4.69) is 15.2 Å². The number of anilines is 2. The van der Waals surface area contributed by atoms with Crippen LogP contribution in [-0.4, -0.2) is 22.7 Å². The predicted octanol–water partition coefficient (Wildman–Crippen LogP) is 4.56. The van der Waals surface area contributed by atoms with Crippen LogP contribution in [0.4, 0.5) is 16.2 Å². The van der Waals surface area contributed by atoms with Crippen molar-refractivity contribution < 1.29 is 9.90 Å². The van der Waals surface area contributed by atoms with Crippen molar-refractivity contribution in [3.05, 3.63) is 53.3 Å². The minimum absolute atomic E-state index is 0.134. The van der Waals surface area contributed by atoms with E-state index in [1.54, 1.807) is 24.5 Å². The Hall–Kier alpha value is -2.27.